The van der Waals surface area contributed by atoms with Gasteiger partial charge in [0.1, 0.15) is 6.04 Å². The van der Waals surface area contributed by atoms with Crippen LogP contribution in [0.5, 0.6) is 0 Å². The van der Waals surface area contributed by atoms with Crippen LogP contribution in [0.25, 0.3) is 0 Å². The predicted molar refractivity (Wildman–Crippen MR) is 81.4 cm³/mol. The van der Waals surface area contributed by atoms with Crippen molar-refractivity contribution in [2.45, 2.75) is 25.4 Å². The zero-order valence-electron chi connectivity index (χ0n) is 11.5. The van der Waals surface area contributed by atoms with Gasteiger partial charge in [-0.05, 0) is 39.1 Å². The number of carbonyl (C=O) groups excluding carboxylic acids is 1. The Morgan fingerprint density at radius 2 is 2.26 bits per heavy atom. The highest BCUT2D eigenvalue weighted by molar-refractivity contribution is 9.10. The van der Waals surface area contributed by atoms with Crippen molar-refractivity contribution in [1.82, 2.24) is 10.6 Å². The SMILES string of the molecule is CNCC1C(=O)NC(C)(C)CN1c1cccc(Br)c1. The number of halogens is 1. The Labute approximate surface area is 122 Å². The molecule has 1 saturated heterocycles. The van der Waals surface area contributed by atoms with Crippen LogP contribution >= 0.6 is 15.9 Å². The van der Waals surface area contributed by atoms with Gasteiger partial charge in [-0.15, -0.1) is 0 Å². The first kappa shape index (κ1) is 14.3. The van der Waals surface area contributed by atoms with Crippen molar-refractivity contribution < 1.29 is 4.79 Å². The largest absolute Gasteiger partial charge is 0.356 e. The summed E-state index contributed by atoms with van der Waals surface area (Å²) in [5.74, 6) is 0.0746. The lowest BCUT2D eigenvalue weighted by atomic mass is 9.97. The third kappa shape index (κ3) is 3.28. The van der Waals surface area contributed by atoms with Crippen molar-refractivity contribution in [3.05, 3.63) is 28.7 Å². The molecule has 1 aliphatic rings. The van der Waals surface area contributed by atoms with Crippen LogP contribution in [0.2, 0.25) is 0 Å². The van der Waals surface area contributed by atoms with Crippen molar-refractivity contribution in [2.24, 2.45) is 0 Å². The van der Waals surface area contributed by atoms with E-state index in [1.165, 1.54) is 0 Å². The number of piperazine rings is 1. The smallest absolute Gasteiger partial charge is 0.244 e. The van der Waals surface area contributed by atoms with E-state index in [1.54, 1.807) is 0 Å². The van der Waals surface area contributed by atoms with Gasteiger partial charge in [-0.25, -0.2) is 0 Å². The molecule has 0 radical (unpaired) electrons. The summed E-state index contributed by atoms with van der Waals surface area (Å²) < 4.78 is 1.02. The molecular weight excluding hydrogens is 306 g/mol. The van der Waals surface area contributed by atoms with E-state index >= 15 is 0 Å². The van der Waals surface area contributed by atoms with Crippen LogP contribution in [0.1, 0.15) is 13.8 Å². The molecule has 0 aromatic heterocycles. The highest BCUT2D eigenvalue weighted by Crippen LogP contribution is 2.26. The van der Waals surface area contributed by atoms with E-state index in [0.29, 0.717) is 6.54 Å². The lowest BCUT2D eigenvalue weighted by Crippen LogP contribution is -2.66. The molecule has 1 amide bonds. The lowest BCUT2D eigenvalue weighted by Gasteiger charge is -2.45. The van der Waals surface area contributed by atoms with Crippen molar-refractivity contribution in [3.8, 4) is 0 Å². The maximum absolute atomic E-state index is 12.3. The number of hydrogen-bond acceptors (Lipinski definition) is 3. The second kappa shape index (κ2) is 5.51. The maximum Gasteiger partial charge on any atom is 0.244 e. The second-order valence-corrected chi connectivity index (χ2v) is 6.47. The Hall–Kier alpha value is -1.07. The van der Waals surface area contributed by atoms with Gasteiger partial charge < -0.3 is 15.5 Å². The summed E-state index contributed by atoms with van der Waals surface area (Å²) >= 11 is 3.49. The van der Waals surface area contributed by atoms with Crippen LogP contribution in [-0.4, -0.2) is 37.6 Å². The molecule has 4 nitrogen and oxygen atoms in total. The van der Waals surface area contributed by atoms with Gasteiger partial charge in [0.05, 0.1) is 5.54 Å². The van der Waals surface area contributed by atoms with Crippen LogP contribution in [0.15, 0.2) is 28.7 Å². The van der Waals surface area contributed by atoms with Crippen LogP contribution in [0.3, 0.4) is 0 Å². The number of nitrogens with one attached hydrogen (secondary N) is 2. The summed E-state index contributed by atoms with van der Waals surface area (Å²) in [6.45, 7) is 5.52. The van der Waals surface area contributed by atoms with Crippen LogP contribution in [0.4, 0.5) is 5.69 Å². The minimum atomic E-state index is -0.219. The number of carbonyl (C=O) groups is 1. The first-order valence-electron chi connectivity index (χ1n) is 6.42. The van der Waals surface area contributed by atoms with Gasteiger partial charge in [0.25, 0.3) is 0 Å². The van der Waals surface area contributed by atoms with Gasteiger partial charge >= 0.3 is 0 Å². The molecular formula is C14H20BrN3O. The molecule has 1 aromatic rings. The topological polar surface area (TPSA) is 44.4 Å². The Balaban J connectivity index is 2.34. The normalized spacial score (nSPS) is 22.2. The molecule has 1 unspecified atom stereocenters. The number of amides is 1. The molecule has 1 heterocycles. The van der Waals surface area contributed by atoms with E-state index in [0.717, 1.165) is 16.7 Å². The highest BCUT2D eigenvalue weighted by atomic mass is 79.9. The molecule has 0 bridgehead atoms. The third-order valence-corrected chi connectivity index (χ3v) is 3.74. The van der Waals surface area contributed by atoms with Gasteiger partial charge in [-0.2, -0.15) is 0 Å². The summed E-state index contributed by atoms with van der Waals surface area (Å²) in [4.78, 5) is 14.4. The van der Waals surface area contributed by atoms with Gasteiger partial charge in [0, 0.05) is 23.2 Å². The molecule has 0 spiro atoms. The predicted octanol–water partition coefficient (Wildman–Crippen LogP) is 1.75. The monoisotopic (exact) mass is 325 g/mol. The van der Waals surface area contributed by atoms with E-state index in [4.69, 9.17) is 0 Å². The molecule has 0 saturated carbocycles. The first-order chi connectivity index (χ1) is 8.93. The number of rotatable bonds is 3. The van der Waals surface area contributed by atoms with Crippen LogP contribution in [0, 0.1) is 0 Å². The summed E-state index contributed by atoms with van der Waals surface area (Å²) in [6.07, 6.45) is 0. The van der Waals surface area contributed by atoms with Gasteiger partial charge in [0.15, 0.2) is 0 Å². The third-order valence-electron chi connectivity index (χ3n) is 3.24. The number of nitrogens with zero attached hydrogens (tertiary/aromatic N) is 1. The quantitative estimate of drug-likeness (QED) is 0.890. The standard InChI is InChI=1S/C14H20BrN3O/c1-14(2)9-18(11-6-4-5-10(15)7-11)12(8-16-3)13(19)17-14/h4-7,12,16H,8-9H2,1-3H3,(H,17,19). The van der Waals surface area contributed by atoms with Gasteiger partial charge in [-0.1, -0.05) is 22.0 Å². The average Bonchev–Trinajstić information content (AvgIpc) is 2.31. The summed E-state index contributed by atoms with van der Waals surface area (Å²) in [7, 11) is 1.87. The van der Waals surface area contributed by atoms with E-state index in [9.17, 15) is 4.79 Å². The number of anilines is 1. The second-order valence-electron chi connectivity index (χ2n) is 5.55. The molecule has 104 valence electrons. The number of likely N-dealkylation sites (N-methyl/N-ethyl adjacent to an activating group) is 1. The minimum absolute atomic E-state index is 0.0746. The van der Waals surface area contributed by atoms with E-state index in [2.05, 4.69) is 37.5 Å². The van der Waals surface area contributed by atoms with Crippen molar-refractivity contribution >= 4 is 27.5 Å². The van der Waals surface area contributed by atoms with Crippen LogP contribution < -0.4 is 15.5 Å². The van der Waals surface area contributed by atoms with Crippen molar-refractivity contribution in [3.63, 3.8) is 0 Å². The lowest BCUT2D eigenvalue weighted by molar-refractivity contribution is -0.125. The van der Waals surface area contributed by atoms with E-state index < -0.39 is 0 Å². The van der Waals surface area contributed by atoms with Gasteiger partial charge in [0.2, 0.25) is 5.91 Å². The summed E-state index contributed by atoms with van der Waals surface area (Å²) in [5.41, 5.74) is 0.849. The fourth-order valence-electron chi connectivity index (χ4n) is 2.46. The molecule has 2 rings (SSSR count). The van der Waals surface area contributed by atoms with E-state index in [1.807, 2.05) is 39.1 Å². The summed E-state index contributed by atoms with van der Waals surface area (Å²) in [6, 6.07) is 7.91. The molecule has 2 N–H and O–H groups in total. The Morgan fingerprint density at radius 3 is 2.89 bits per heavy atom. The fourth-order valence-corrected chi connectivity index (χ4v) is 2.84. The van der Waals surface area contributed by atoms with Gasteiger partial charge in [-0.3, -0.25) is 4.79 Å². The summed E-state index contributed by atoms with van der Waals surface area (Å²) in [5, 5.41) is 6.17. The molecule has 1 aliphatic heterocycles. The first-order valence-corrected chi connectivity index (χ1v) is 7.21. The number of hydrogen-bond donors (Lipinski definition) is 2. The van der Waals surface area contributed by atoms with Crippen molar-refractivity contribution in [1.29, 1.82) is 0 Å². The maximum atomic E-state index is 12.3. The molecule has 1 aromatic carbocycles. The average molecular weight is 326 g/mol. The zero-order valence-corrected chi connectivity index (χ0v) is 13.1. The molecule has 5 heteroatoms. The molecule has 1 fully saturated rings. The minimum Gasteiger partial charge on any atom is -0.356 e. The Bertz CT molecular complexity index is 476. The van der Waals surface area contributed by atoms with E-state index in [-0.39, 0.29) is 17.5 Å². The Morgan fingerprint density at radius 1 is 1.53 bits per heavy atom. The molecule has 0 aliphatic carbocycles. The van der Waals surface area contributed by atoms with Crippen LogP contribution in [-0.2, 0) is 4.79 Å². The molecule has 1 atom stereocenters. The number of benzene rings is 1. The fraction of sp³-hybridized carbons (Fsp3) is 0.500. The highest BCUT2D eigenvalue weighted by Gasteiger charge is 2.38. The van der Waals surface area contributed by atoms with Crippen molar-refractivity contribution in [2.75, 3.05) is 25.0 Å². The zero-order chi connectivity index (χ0) is 14.0. The Kier molecular flexibility index (Phi) is 4.16. The molecule has 19 heavy (non-hydrogen) atoms.